The van der Waals surface area contributed by atoms with Gasteiger partial charge in [0.15, 0.2) is 15.8 Å². The Bertz CT molecular complexity index is 619. The number of carbonyl (C=O) groups is 1. The van der Waals surface area contributed by atoms with Crippen molar-refractivity contribution in [2.45, 2.75) is 0 Å². The Morgan fingerprint density at radius 1 is 1.40 bits per heavy atom. The standard InChI is InChI=1S/C12H11ClN2O3S2/c1-17-8-4-6(3-7(13)10(8)18-2)5-9-11(16)15(14)12(19)20-9/h3-5H,14H2,1-2H3/b9-5-. The van der Waals surface area contributed by atoms with E-state index in [9.17, 15) is 4.79 Å². The van der Waals surface area contributed by atoms with Crippen LogP contribution in [-0.2, 0) is 4.79 Å². The molecular weight excluding hydrogens is 320 g/mol. The second-order valence-electron chi connectivity index (χ2n) is 3.79. The fraction of sp³-hybridized carbons (Fsp3) is 0.167. The molecule has 1 aromatic rings. The average Bonchev–Trinajstić information content (AvgIpc) is 2.65. The summed E-state index contributed by atoms with van der Waals surface area (Å²) in [5, 5.41) is 1.33. The number of rotatable bonds is 3. The zero-order valence-corrected chi connectivity index (χ0v) is 13.1. The number of hydrogen-bond acceptors (Lipinski definition) is 6. The number of benzene rings is 1. The van der Waals surface area contributed by atoms with Gasteiger partial charge in [-0.05, 0) is 23.8 Å². The third kappa shape index (κ3) is 2.76. The monoisotopic (exact) mass is 330 g/mol. The van der Waals surface area contributed by atoms with Crippen molar-refractivity contribution in [3.63, 3.8) is 0 Å². The quantitative estimate of drug-likeness (QED) is 0.397. The van der Waals surface area contributed by atoms with Crippen LogP contribution in [0.3, 0.4) is 0 Å². The molecule has 0 atom stereocenters. The van der Waals surface area contributed by atoms with Gasteiger partial charge in [-0.25, -0.2) is 10.9 Å². The molecule has 1 heterocycles. The molecule has 8 heteroatoms. The molecule has 2 N–H and O–H groups in total. The highest BCUT2D eigenvalue weighted by atomic mass is 35.5. The first-order valence-electron chi connectivity index (χ1n) is 5.42. The fourth-order valence-electron chi connectivity index (χ4n) is 1.65. The number of methoxy groups -OCH3 is 2. The summed E-state index contributed by atoms with van der Waals surface area (Å²) in [5.74, 6) is 6.09. The number of carbonyl (C=O) groups excluding carboxylic acids is 1. The molecule has 106 valence electrons. The Morgan fingerprint density at radius 3 is 2.60 bits per heavy atom. The van der Waals surface area contributed by atoms with Gasteiger partial charge in [-0.15, -0.1) is 0 Å². The van der Waals surface area contributed by atoms with Gasteiger partial charge in [0.2, 0.25) is 0 Å². The van der Waals surface area contributed by atoms with Gasteiger partial charge in [0.25, 0.3) is 5.91 Å². The summed E-state index contributed by atoms with van der Waals surface area (Å²) in [6, 6.07) is 3.39. The maximum absolute atomic E-state index is 11.8. The number of amides is 1. The van der Waals surface area contributed by atoms with E-state index in [-0.39, 0.29) is 5.91 Å². The van der Waals surface area contributed by atoms with Gasteiger partial charge in [-0.2, -0.15) is 0 Å². The number of hydrazine groups is 1. The first-order valence-corrected chi connectivity index (χ1v) is 7.02. The van der Waals surface area contributed by atoms with Crippen molar-refractivity contribution < 1.29 is 14.3 Å². The summed E-state index contributed by atoms with van der Waals surface area (Å²) in [6.45, 7) is 0. The molecule has 0 spiro atoms. The number of nitrogens with zero attached hydrogens (tertiary/aromatic N) is 1. The van der Waals surface area contributed by atoms with Crippen molar-refractivity contribution in [2.75, 3.05) is 14.2 Å². The summed E-state index contributed by atoms with van der Waals surface area (Å²) in [7, 11) is 3.01. The van der Waals surface area contributed by atoms with Crippen LogP contribution in [0.4, 0.5) is 0 Å². The summed E-state index contributed by atoms with van der Waals surface area (Å²) >= 11 is 12.2. The Kier molecular flexibility index (Phi) is 4.54. The lowest BCUT2D eigenvalue weighted by Gasteiger charge is -2.10. The lowest BCUT2D eigenvalue weighted by Crippen LogP contribution is -2.34. The Morgan fingerprint density at radius 2 is 2.10 bits per heavy atom. The predicted octanol–water partition coefficient (Wildman–Crippen LogP) is 2.43. The molecule has 1 saturated heterocycles. The van der Waals surface area contributed by atoms with Crippen LogP contribution < -0.4 is 15.3 Å². The third-order valence-corrected chi connectivity index (χ3v) is 4.19. The number of halogens is 1. The van der Waals surface area contributed by atoms with Gasteiger partial charge < -0.3 is 9.47 Å². The normalized spacial score (nSPS) is 17.0. The van der Waals surface area contributed by atoms with E-state index in [1.807, 2.05) is 0 Å². The topological polar surface area (TPSA) is 64.8 Å². The van der Waals surface area contributed by atoms with Crippen molar-refractivity contribution in [3.8, 4) is 11.5 Å². The second-order valence-corrected chi connectivity index (χ2v) is 5.87. The van der Waals surface area contributed by atoms with Gasteiger partial charge >= 0.3 is 0 Å². The number of hydrogen-bond donors (Lipinski definition) is 1. The SMILES string of the molecule is COc1cc(/C=C2\SC(=S)N(N)C2=O)cc(Cl)c1OC. The highest BCUT2D eigenvalue weighted by Gasteiger charge is 2.29. The molecule has 1 fully saturated rings. The van der Waals surface area contributed by atoms with Crippen molar-refractivity contribution in [1.82, 2.24) is 5.01 Å². The molecule has 5 nitrogen and oxygen atoms in total. The fourth-order valence-corrected chi connectivity index (χ4v) is 3.05. The first-order chi connectivity index (χ1) is 9.47. The molecule has 2 rings (SSSR count). The minimum absolute atomic E-state index is 0.313. The van der Waals surface area contributed by atoms with E-state index < -0.39 is 0 Å². The van der Waals surface area contributed by atoms with Crippen molar-refractivity contribution in [1.29, 1.82) is 0 Å². The van der Waals surface area contributed by atoms with E-state index in [0.717, 1.165) is 16.8 Å². The largest absolute Gasteiger partial charge is 0.493 e. The molecule has 1 aromatic carbocycles. The summed E-state index contributed by atoms with van der Waals surface area (Å²) in [5.41, 5.74) is 0.696. The van der Waals surface area contributed by atoms with E-state index in [1.54, 1.807) is 18.2 Å². The molecule has 1 aliphatic rings. The molecule has 1 amide bonds. The van der Waals surface area contributed by atoms with Gasteiger partial charge in [0, 0.05) is 0 Å². The van der Waals surface area contributed by atoms with Gasteiger partial charge in [-0.1, -0.05) is 35.6 Å². The van der Waals surface area contributed by atoms with Crippen LogP contribution in [0.1, 0.15) is 5.56 Å². The van der Waals surface area contributed by atoms with Crippen LogP contribution in [0.15, 0.2) is 17.0 Å². The average molecular weight is 331 g/mol. The molecule has 0 unspecified atom stereocenters. The lowest BCUT2D eigenvalue weighted by atomic mass is 10.2. The maximum Gasteiger partial charge on any atom is 0.280 e. The molecule has 1 aliphatic heterocycles. The number of ether oxygens (including phenoxy) is 2. The van der Waals surface area contributed by atoms with Crippen LogP contribution in [0, 0.1) is 0 Å². The highest BCUT2D eigenvalue weighted by Crippen LogP contribution is 2.38. The Balaban J connectivity index is 2.42. The minimum atomic E-state index is -0.342. The van der Waals surface area contributed by atoms with Crippen molar-refractivity contribution in [3.05, 3.63) is 27.6 Å². The van der Waals surface area contributed by atoms with Crippen LogP contribution in [0.25, 0.3) is 6.08 Å². The number of nitrogens with two attached hydrogens (primary N) is 1. The van der Waals surface area contributed by atoms with E-state index in [4.69, 9.17) is 39.1 Å². The van der Waals surface area contributed by atoms with E-state index in [0.29, 0.717) is 31.3 Å². The predicted molar refractivity (Wildman–Crippen MR) is 83.8 cm³/mol. The molecule has 20 heavy (non-hydrogen) atoms. The Labute approximate surface area is 130 Å². The van der Waals surface area contributed by atoms with Gasteiger partial charge in [0.1, 0.15) is 0 Å². The Hall–Kier alpha value is -1.28. The zero-order valence-electron chi connectivity index (χ0n) is 10.7. The second kappa shape index (κ2) is 6.01. The van der Waals surface area contributed by atoms with Crippen molar-refractivity contribution in [2.24, 2.45) is 5.84 Å². The smallest absolute Gasteiger partial charge is 0.280 e. The van der Waals surface area contributed by atoms with Crippen LogP contribution >= 0.6 is 35.6 Å². The summed E-state index contributed by atoms with van der Waals surface area (Å²) in [4.78, 5) is 12.2. The zero-order chi connectivity index (χ0) is 14.9. The van der Waals surface area contributed by atoms with Crippen LogP contribution in [-0.4, -0.2) is 29.5 Å². The lowest BCUT2D eigenvalue weighted by molar-refractivity contribution is -0.122. The van der Waals surface area contributed by atoms with Gasteiger partial charge in [-0.3, -0.25) is 4.79 Å². The summed E-state index contributed by atoms with van der Waals surface area (Å²) in [6.07, 6.45) is 1.65. The van der Waals surface area contributed by atoms with Crippen LogP contribution in [0.5, 0.6) is 11.5 Å². The molecule has 0 aromatic heterocycles. The number of thiocarbonyl (C=S) groups is 1. The first kappa shape index (κ1) is 15.1. The summed E-state index contributed by atoms with van der Waals surface area (Å²) < 4.78 is 10.7. The molecular formula is C12H11ClN2O3S2. The third-order valence-electron chi connectivity index (χ3n) is 2.58. The van der Waals surface area contributed by atoms with Gasteiger partial charge in [0.05, 0.1) is 24.1 Å². The van der Waals surface area contributed by atoms with Crippen LogP contribution in [0.2, 0.25) is 5.02 Å². The van der Waals surface area contributed by atoms with E-state index in [1.165, 1.54) is 14.2 Å². The maximum atomic E-state index is 11.8. The van der Waals surface area contributed by atoms with E-state index in [2.05, 4.69) is 0 Å². The molecule has 0 bridgehead atoms. The molecule has 0 saturated carbocycles. The number of thioether (sulfide) groups is 1. The molecule has 0 aliphatic carbocycles. The van der Waals surface area contributed by atoms with E-state index >= 15 is 0 Å². The molecule has 0 radical (unpaired) electrons. The highest BCUT2D eigenvalue weighted by molar-refractivity contribution is 8.26. The minimum Gasteiger partial charge on any atom is -0.493 e. The van der Waals surface area contributed by atoms with Crippen molar-refractivity contribution >= 4 is 51.9 Å².